The smallest absolute Gasteiger partial charge is 0.118 e. The molecule has 1 atom stereocenters. The lowest BCUT2D eigenvalue weighted by molar-refractivity contribution is 0.290. The molecular formula is C18H18N2. The molecule has 1 aliphatic heterocycles. The molecule has 0 saturated heterocycles. The van der Waals surface area contributed by atoms with Gasteiger partial charge in [0.25, 0.3) is 0 Å². The van der Waals surface area contributed by atoms with E-state index < -0.39 is 0 Å². The SMILES string of the molecule is CC1N=C(c2ccccc2)C=CN1Cc1ccccc1. The van der Waals surface area contributed by atoms with E-state index in [1.54, 1.807) is 0 Å². The summed E-state index contributed by atoms with van der Waals surface area (Å²) in [4.78, 5) is 7.04. The molecular weight excluding hydrogens is 244 g/mol. The lowest BCUT2D eigenvalue weighted by atomic mass is 10.1. The van der Waals surface area contributed by atoms with Crippen LogP contribution in [-0.4, -0.2) is 16.8 Å². The summed E-state index contributed by atoms with van der Waals surface area (Å²) < 4.78 is 0. The van der Waals surface area contributed by atoms with Crippen LogP contribution < -0.4 is 0 Å². The predicted molar refractivity (Wildman–Crippen MR) is 83.6 cm³/mol. The molecule has 0 spiro atoms. The van der Waals surface area contributed by atoms with Gasteiger partial charge in [-0.25, -0.2) is 0 Å². The van der Waals surface area contributed by atoms with Crippen LogP contribution in [0.3, 0.4) is 0 Å². The minimum absolute atomic E-state index is 0.162. The number of rotatable bonds is 3. The Bertz CT molecular complexity index is 614. The quantitative estimate of drug-likeness (QED) is 0.820. The van der Waals surface area contributed by atoms with E-state index >= 15 is 0 Å². The zero-order chi connectivity index (χ0) is 13.8. The van der Waals surface area contributed by atoms with E-state index in [1.807, 2.05) is 24.3 Å². The second-order valence-electron chi connectivity index (χ2n) is 4.99. The van der Waals surface area contributed by atoms with Crippen LogP contribution in [0.2, 0.25) is 0 Å². The second-order valence-corrected chi connectivity index (χ2v) is 4.99. The molecule has 2 aromatic rings. The maximum absolute atomic E-state index is 4.79. The summed E-state index contributed by atoms with van der Waals surface area (Å²) in [5.74, 6) is 0. The van der Waals surface area contributed by atoms with Gasteiger partial charge in [-0.2, -0.15) is 0 Å². The average molecular weight is 262 g/mol. The summed E-state index contributed by atoms with van der Waals surface area (Å²) >= 11 is 0. The molecule has 0 amide bonds. The minimum Gasteiger partial charge on any atom is -0.352 e. The molecule has 0 N–H and O–H groups in total. The second kappa shape index (κ2) is 5.74. The van der Waals surface area contributed by atoms with Gasteiger partial charge < -0.3 is 4.90 Å². The first-order valence-corrected chi connectivity index (χ1v) is 6.94. The van der Waals surface area contributed by atoms with Crippen LogP contribution >= 0.6 is 0 Å². The molecule has 0 radical (unpaired) electrons. The Labute approximate surface area is 120 Å². The molecule has 0 aromatic heterocycles. The summed E-state index contributed by atoms with van der Waals surface area (Å²) in [6, 6.07) is 20.8. The Balaban J connectivity index is 1.74. The maximum atomic E-state index is 4.79. The summed E-state index contributed by atoms with van der Waals surface area (Å²) in [7, 11) is 0. The number of benzene rings is 2. The summed E-state index contributed by atoms with van der Waals surface area (Å²) in [5, 5.41) is 0. The van der Waals surface area contributed by atoms with E-state index in [1.165, 1.54) is 11.1 Å². The van der Waals surface area contributed by atoms with Gasteiger partial charge in [0.1, 0.15) is 6.17 Å². The van der Waals surface area contributed by atoms with Gasteiger partial charge in [0.15, 0.2) is 0 Å². The van der Waals surface area contributed by atoms with Crippen molar-refractivity contribution in [3.63, 3.8) is 0 Å². The van der Waals surface area contributed by atoms with Crippen molar-refractivity contribution in [2.75, 3.05) is 0 Å². The Hall–Kier alpha value is -2.35. The number of nitrogens with zero attached hydrogens (tertiary/aromatic N) is 2. The standard InChI is InChI=1S/C18H18N2/c1-15-19-18(17-10-6-3-7-11-17)12-13-20(15)14-16-8-4-2-5-9-16/h2-13,15H,14H2,1H3. The molecule has 3 rings (SSSR count). The molecule has 1 aliphatic rings. The van der Waals surface area contributed by atoms with Crippen LogP contribution in [0.5, 0.6) is 0 Å². The number of aliphatic imine (C=N–C) groups is 1. The van der Waals surface area contributed by atoms with Crippen LogP contribution in [-0.2, 0) is 6.54 Å². The molecule has 0 bridgehead atoms. The molecule has 1 heterocycles. The van der Waals surface area contributed by atoms with E-state index in [0.717, 1.165) is 12.3 Å². The van der Waals surface area contributed by atoms with Crippen LogP contribution in [0.15, 0.2) is 77.9 Å². The molecule has 2 aromatic carbocycles. The molecule has 0 fully saturated rings. The van der Waals surface area contributed by atoms with Crippen molar-refractivity contribution < 1.29 is 0 Å². The van der Waals surface area contributed by atoms with Crippen LogP contribution in [0.1, 0.15) is 18.1 Å². The number of allylic oxidation sites excluding steroid dienone is 1. The normalized spacial score (nSPS) is 17.9. The van der Waals surface area contributed by atoms with Gasteiger partial charge in [0.2, 0.25) is 0 Å². The Morgan fingerprint density at radius 2 is 1.60 bits per heavy atom. The van der Waals surface area contributed by atoms with E-state index in [0.29, 0.717) is 0 Å². The van der Waals surface area contributed by atoms with Crippen molar-refractivity contribution in [1.82, 2.24) is 4.90 Å². The zero-order valence-corrected chi connectivity index (χ0v) is 11.6. The number of hydrogen-bond acceptors (Lipinski definition) is 2. The Kier molecular flexibility index (Phi) is 3.64. The highest BCUT2D eigenvalue weighted by Crippen LogP contribution is 2.16. The molecule has 0 aliphatic carbocycles. The van der Waals surface area contributed by atoms with Crippen LogP contribution in [0.4, 0.5) is 0 Å². The largest absolute Gasteiger partial charge is 0.352 e. The fraction of sp³-hybridized carbons (Fsp3) is 0.167. The summed E-state index contributed by atoms with van der Waals surface area (Å²) in [6.07, 6.45) is 4.40. The fourth-order valence-corrected chi connectivity index (χ4v) is 2.37. The van der Waals surface area contributed by atoms with Gasteiger partial charge in [0, 0.05) is 12.7 Å². The highest BCUT2D eigenvalue weighted by atomic mass is 15.2. The third kappa shape index (κ3) is 2.80. The van der Waals surface area contributed by atoms with E-state index in [-0.39, 0.29) is 6.17 Å². The lowest BCUT2D eigenvalue weighted by Crippen LogP contribution is -2.30. The Morgan fingerprint density at radius 3 is 2.25 bits per heavy atom. The Morgan fingerprint density at radius 1 is 0.950 bits per heavy atom. The minimum atomic E-state index is 0.162. The van der Waals surface area contributed by atoms with Crippen molar-refractivity contribution in [2.45, 2.75) is 19.6 Å². The first-order valence-electron chi connectivity index (χ1n) is 6.94. The molecule has 100 valence electrons. The predicted octanol–water partition coefficient (Wildman–Crippen LogP) is 3.85. The first-order chi connectivity index (χ1) is 9.83. The molecule has 1 unspecified atom stereocenters. The van der Waals surface area contributed by atoms with Gasteiger partial charge in [-0.1, -0.05) is 60.7 Å². The van der Waals surface area contributed by atoms with Crippen molar-refractivity contribution in [3.05, 3.63) is 84.1 Å². The summed E-state index contributed by atoms with van der Waals surface area (Å²) in [5.41, 5.74) is 3.54. The van der Waals surface area contributed by atoms with Gasteiger partial charge in [-0.05, 0) is 24.1 Å². The van der Waals surface area contributed by atoms with E-state index in [4.69, 9.17) is 4.99 Å². The van der Waals surface area contributed by atoms with Crippen LogP contribution in [0, 0.1) is 0 Å². The highest BCUT2D eigenvalue weighted by Gasteiger charge is 2.14. The van der Waals surface area contributed by atoms with E-state index in [2.05, 4.69) is 60.5 Å². The van der Waals surface area contributed by atoms with Crippen LogP contribution in [0.25, 0.3) is 0 Å². The molecule has 2 nitrogen and oxygen atoms in total. The first kappa shape index (κ1) is 12.7. The molecule has 0 saturated carbocycles. The third-order valence-corrected chi connectivity index (χ3v) is 3.51. The van der Waals surface area contributed by atoms with Gasteiger partial charge in [-0.3, -0.25) is 4.99 Å². The fourth-order valence-electron chi connectivity index (χ4n) is 2.37. The van der Waals surface area contributed by atoms with Crippen molar-refractivity contribution >= 4 is 5.71 Å². The topological polar surface area (TPSA) is 15.6 Å². The van der Waals surface area contributed by atoms with Crippen molar-refractivity contribution in [3.8, 4) is 0 Å². The molecule has 2 heteroatoms. The highest BCUT2D eigenvalue weighted by molar-refractivity contribution is 6.09. The van der Waals surface area contributed by atoms with Gasteiger partial charge in [-0.15, -0.1) is 0 Å². The zero-order valence-electron chi connectivity index (χ0n) is 11.6. The van der Waals surface area contributed by atoms with E-state index in [9.17, 15) is 0 Å². The monoisotopic (exact) mass is 262 g/mol. The third-order valence-electron chi connectivity index (χ3n) is 3.51. The van der Waals surface area contributed by atoms with Crippen molar-refractivity contribution in [1.29, 1.82) is 0 Å². The lowest BCUT2D eigenvalue weighted by Gasteiger charge is -2.28. The van der Waals surface area contributed by atoms with Crippen molar-refractivity contribution in [2.24, 2.45) is 4.99 Å². The maximum Gasteiger partial charge on any atom is 0.118 e. The van der Waals surface area contributed by atoms with Gasteiger partial charge >= 0.3 is 0 Å². The summed E-state index contributed by atoms with van der Waals surface area (Å²) in [6.45, 7) is 3.03. The molecule has 20 heavy (non-hydrogen) atoms. The average Bonchev–Trinajstić information content (AvgIpc) is 2.51. The van der Waals surface area contributed by atoms with Gasteiger partial charge in [0.05, 0.1) is 5.71 Å². The number of hydrogen-bond donors (Lipinski definition) is 0.